The molecule has 24 heavy (non-hydrogen) atoms. The van der Waals surface area contributed by atoms with Crippen LogP contribution in [-0.4, -0.2) is 25.3 Å². The number of hydrogen-bond acceptors (Lipinski definition) is 4. The maximum atomic E-state index is 12.0. The van der Waals surface area contributed by atoms with Gasteiger partial charge >= 0.3 is 0 Å². The maximum Gasteiger partial charge on any atom is 0.280 e. The highest BCUT2D eigenvalue weighted by atomic mass is 79.9. The summed E-state index contributed by atoms with van der Waals surface area (Å²) in [5.74, 6) is 0.978. The van der Waals surface area contributed by atoms with Crippen LogP contribution in [0.15, 0.2) is 56.5 Å². The second-order valence-electron chi connectivity index (χ2n) is 4.84. The molecular weight excluding hydrogens is 440 g/mol. The Morgan fingerprint density at radius 2 is 1.83 bits per heavy atom. The van der Waals surface area contributed by atoms with E-state index < -0.39 is 6.10 Å². The molecule has 0 aliphatic heterocycles. The monoisotopic (exact) mass is 454 g/mol. The van der Waals surface area contributed by atoms with E-state index in [-0.39, 0.29) is 5.91 Å². The third-order valence-electron chi connectivity index (χ3n) is 3.08. The van der Waals surface area contributed by atoms with Crippen molar-refractivity contribution < 1.29 is 14.3 Å². The first kappa shape index (κ1) is 18.5. The van der Waals surface area contributed by atoms with Crippen LogP contribution in [0.2, 0.25) is 0 Å². The number of rotatable bonds is 6. The molecule has 1 unspecified atom stereocenters. The van der Waals surface area contributed by atoms with E-state index in [4.69, 9.17) is 9.47 Å². The molecule has 2 aromatic carbocycles. The maximum absolute atomic E-state index is 12.0. The Labute approximate surface area is 157 Å². The van der Waals surface area contributed by atoms with Crippen LogP contribution in [-0.2, 0) is 4.79 Å². The summed E-state index contributed by atoms with van der Waals surface area (Å²) in [7, 11) is 1.59. The van der Waals surface area contributed by atoms with Gasteiger partial charge in [-0.3, -0.25) is 4.79 Å². The lowest BCUT2D eigenvalue weighted by molar-refractivity contribution is -0.127. The molecule has 0 spiro atoms. The van der Waals surface area contributed by atoms with Crippen molar-refractivity contribution in [2.75, 3.05) is 7.11 Å². The molecular formula is C17H16Br2N2O3. The normalized spacial score (nSPS) is 12.0. The molecule has 0 fully saturated rings. The fourth-order valence-electron chi connectivity index (χ4n) is 1.77. The molecule has 0 aliphatic carbocycles. The minimum atomic E-state index is -0.669. The first-order valence-corrected chi connectivity index (χ1v) is 8.67. The van der Waals surface area contributed by atoms with E-state index in [0.717, 1.165) is 14.5 Å². The molecule has 1 N–H and O–H groups in total. The van der Waals surface area contributed by atoms with Gasteiger partial charge in [-0.1, -0.05) is 31.9 Å². The van der Waals surface area contributed by atoms with Gasteiger partial charge in [-0.05, 0) is 49.4 Å². The topological polar surface area (TPSA) is 59.9 Å². The Hall–Kier alpha value is -1.86. The molecule has 7 heteroatoms. The summed E-state index contributed by atoms with van der Waals surface area (Å²) < 4.78 is 12.5. The van der Waals surface area contributed by atoms with E-state index in [0.29, 0.717) is 11.5 Å². The zero-order chi connectivity index (χ0) is 17.5. The van der Waals surface area contributed by atoms with Crippen molar-refractivity contribution in [3.8, 4) is 11.5 Å². The number of ether oxygens (including phenoxy) is 2. The summed E-state index contributed by atoms with van der Waals surface area (Å²) >= 11 is 6.76. The van der Waals surface area contributed by atoms with E-state index in [1.54, 1.807) is 26.2 Å². The Kier molecular flexibility index (Phi) is 6.81. The van der Waals surface area contributed by atoms with Gasteiger partial charge in [0.25, 0.3) is 5.91 Å². The second kappa shape index (κ2) is 8.84. The molecule has 1 amide bonds. The van der Waals surface area contributed by atoms with Crippen LogP contribution in [0.1, 0.15) is 12.5 Å². The molecule has 2 aromatic rings. The second-order valence-corrected chi connectivity index (χ2v) is 6.61. The Balaban J connectivity index is 1.93. The lowest BCUT2D eigenvalue weighted by atomic mass is 10.2. The van der Waals surface area contributed by atoms with E-state index >= 15 is 0 Å². The van der Waals surface area contributed by atoms with Gasteiger partial charge in [0.2, 0.25) is 0 Å². The highest BCUT2D eigenvalue weighted by Gasteiger charge is 2.13. The lowest BCUT2D eigenvalue weighted by Gasteiger charge is -2.12. The summed E-state index contributed by atoms with van der Waals surface area (Å²) in [4.78, 5) is 12.0. The van der Waals surface area contributed by atoms with Crippen LogP contribution >= 0.6 is 31.9 Å². The number of nitrogens with zero attached hydrogens (tertiary/aromatic N) is 1. The number of amides is 1. The summed E-state index contributed by atoms with van der Waals surface area (Å²) in [6, 6.07) is 12.7. The van der Waals surface area contributed by atoms with Crippen molar-refractivity contribution >= 4 is 44.0 Å². The van der Waals surface area contributed by atoms with Crippen LogP contribution in [0.25, 0.3) is 0 Å². The SMILES string of the molecule is COc1ccc(Br)c(/C=N/NC(=O)C(C)Oc2ccc(Br)cc2)c1. The Bertz CT molecular complexity index is 733. The molecule has 1 atom stereocenters. The predicted octanol–water partition coefficient (Wildman–Crippen LogP) is 4.14. The molecule has 126 valence electrons. The minimum absolute atomic E-state index is 0.340. The predicted molar refractivity (Wildman–Crippen MR) is 101 cm³/mol. The highest BCUT2D eigenvalue weighted by molar-refractivity contribution is 9.10. The number of hydrogen-bond donors (Lipinski definition) is 1. The molecule has 2 rings (SSSR count). The van der Waals surface area contributed by atoms with Crippen molar-refractivity contribution in [1.82, 2.24) is 5.43 Å². The van der Waals surface area contributed by atoms with E-state index in [9.17, 15) is 4.79 Å². The number of benzene rings is 2. The lowest BCUT2D eigenvalue weighted by Crippen LogP contribution is -2.33. The minimum Gasteiger partial charge on any atom is -0.497 e. The van der Waals surface area contributed by atoms with Crippen molar-refractivity contribution in [3.05, 3.63) is 57.0 Å². The quantitative estimate of drug-likeness (QED) is 0.526. The summed E-state index contributed by atoms with van der Waals surface area (Å²) in [5.41, 5.74) is 3.25. The highest BCUT2D eigenvalue weighted by Crippen LogP contribution is 2.21. The van der Waals surface area contributed by atoms with Gasteiger partial charge in [0.1, 0.15) is 11.5 Å². The van der Waals surface area contributed by atoms with Gasteiger partial charge in [0.05, 0.1) is 13.3 Å². The Morgan fingerprint density at radius 1 is 1.17 bits per heavy atom. The van der Waals surface area contributed by atoms with Crippen molar-refractivity contribution in [1.29, 1.82) is 0 Å². The van der Waals surface area contributed by atoms with E-state index in [1.807, 2.05) is 30.3 Å². The van der Waals surface area contributed by atoms with Crippen LogP contribution in [0, 0.1) is 0 Å². The number of nitrogens with one attached hydrogen (secondary N) is 1. The van der Waals surface area contributed by atoms with Crippen LogP contribution in [0.3, 0.4) is 0 Å². The van der Waals surface area contributed by atoms with E-state index in [2.05, 4.69) is 42.4 Å². The number of carbonyl (C=O) groups excluding carboxylic acids is 1. The van der Waals surface area contributed by atoms with Crippen LogP contribution in [0.5, 0.6) is 11.5 Å². The molecule has 0 aliphatic rings. The third-order valence-corrected chi connectivity index (χ3v) is 4.33. The smallest absolute Gasteiger partial charge is 0.280 e. The number of halogens is 2. The first-order valence-electron chi connectivity index (χ1n) is 7.08. The van der Waals surface area contributed by atoms with Crippen LogP contribution in [0.4, 0.5) is 0 Å². The fourth-order valence-corrected chi connectivity index (χ4v) is 2.39. The zero-order valence-electron chi connectivity index (χ0n) is 13.1. The molecule has 0 saturated heterocycles. The Morgan fingerprint density at radius 3 is 2.50 bits per heavy atom. The zero-order valence-corrected chi connectivity index (χ0v) is 16.3. The number of methoxy groups -OCH3 is 1. The number of hydrazone groups is 1. The molecule has 0 heterocycles. The molecule has 0 saturated carbocycles. The summed E-state index contributed by atoms with van der Waals surface area (Å²) in [5, 5.41) is 3.96. The molecule has 0 bridgehead atoms. The average molecular weight is 456 g/mol. The van der Waals surface area contributed by atoms with Gasteiger partial charge in [-0.15, -0.1) is 0 Å². The van der Waals surface area contributed by atoms with Gasteiger partial charge in [-0.25, -0.2) is 5.43 Å². The first-order chi connectivity index (χ1) is 11.5. The number of carbonyl (C=O) groups is 1. The molecule has 5 nitrogen and oxygen atoms in total. The fraction of sp³-hybridized carbons (Fsp3) is 0.176. The average Bonchev–Trinajstić information content (AvgIpc) is 2.58. The van der Waals surface area contributed by atoms with Crippen LogP contribution < -0.4 is 14.9 Å². The van der Waals surface area contributed by atoms with Gasteiger partial charge in [0, 0.05) is 14.5 Å². The van der Waals surface area contributed by atoms with Gasteiger partial charge in [-0.2, -0.15) is 5.10 Å². The third kappa shape index (κ3) is 5.35. The van der Waals surface area contributed by atoms with Crippen molar-refractivity contribution in [3.63, 3.8) is 0 Å². The molecule has 0 aromatic heterocycles. The van der Waals surface area contributed by atoms with Gasteiger partial charge in [0.15, 0.2) is 6.10 Å². The standard InChI is InChI=1S/C17H16Br2N2O3/c1-11(24-14-5-3-13(18)4-6-14)17(22)21-20-10-12-9-15(23-2)7-8-16(12)19/h3-11H,1-2H3,(H,21,22)/b20-10+. The largest absolute Gasteiger partial charge is 0.497 e. The molecule has 0 radical (unpaired) electrons. The van der Waals surface area contributed by atoms with Crippen molar-refractivity contribution in [2.45, 2.75) is 13.0 Å². The summed E-state index contributed by atoms with van der Waals surface area (Å²) in [6.45, 7) is 1.66. The van der Waals surface area contributed by atoms with Gasteiger partial charge < -0.3 is 9.47 Å². The summed E-state index contributed by atoms with van der Waals surface area (Å²) in [6.07, 6.45) is 0.869. The van der Waals surface area contributed by atoms with E-state index in [1.165, 1.54) is 6.21 Å². The van der Waals surface area contributed by atoms with Crippen molar-refractivity contribution in [2.24, 2.45) is 5.10 Å².